The number of aromatic hydroxyl groups is 1. The Labute approximate surface area is 156 Å². The fraction of sp³-hybridized carbons (Fsp3) is 0.158. The molecule has 1 amide bonds. The second-order valence-corrected chi connectivity index (χ2v) is 7.14. The number of hydrogen-bond acceptors (Lipinski definition) is 5. The summed E-state index contributed by atoms with van der Waals surface area (Å²) in [6, 6.07) is 12.6. The molecule has 1 N–H and O–H groups in total. The molecule has 128 valence electrons. The van der Waals surface area contributed by atoms with Gasteiger partial charge in [0.25, 0.3) is 5.91 Å². The summed E-state index contributed by atoms with van der Waals surface area (Å²) >= 11 is 6.67. The van der Waals surface area contributed by atoms with Crippen LogP contribution in [0.15, 0.2) is 47.4 Å². The first-order chi connectivity index (χ1) is 12.0. The van der Waals surface area contributed by atoms with E-state index < -0.39 is 0 Å². The van der Waals surface area contributed by atoms with Gasteiger partial charge >= 0.3 is 0 Å². The van der Waals surface area contributed by atoms with Crippen molar-refractivity contribution in [1.82, 2.24) is 0 Å². The van der Waals surface area contributed by atoms with Crippen molar-refractivity contribution in [3.05, 3.63) is 58.5 Å². The van der Waals surface area contributed by atoms with Crippen LogP contribution in [0.25, 0.3) is 6.08 Å². The van der Waals surface area contributed by atoms with E-state index in [2.05, 4.69) is 0 Å². The molecule has 4 nitrogen and oxygen atoms in total. The number of phenolic OH excluding ortho intramolecular Hbond substituents is 1. The number of nitrogens with zero attached hydrogens (tertiary/aromatic N) is 1. The van der Waals surface area contributed by atoms with E-state index in [0.717, 1.165) is 16.8 Å². The van der Waals surface area contributed by atoms with Crippen molar-refractivity contribution < 1.29 is 14.6 Å². The van der Waals surface area contributed by atoms with Crippen molar-refractivity contribution in [3.8, 4) is 11.5 Å². The van der Waals surface area contributed by atoms with Crippen molar-refractivity contribution >= 4 is 46.0 Å². The third-order valence-electron chi connectivity index (χ3n) is 3.73. The van der Waals surface area contributed by atoms with Gasteiger partial charge in [-0.1, -0.05) is 48.2 Å². The van der Waals surface area contributed by atoms with Crippen LogP contribution in [0, 0.1) is 6.92 Å². The molecule has 0 bridgehead atoms. The van der Waals surface area contributed by atoms with Crippen LogP contribution in [0.3, 0.4) is 0 Å². The molecule has 1 aliphatic rings. The van der Waals surface area contributed by atoms with E-state index in [1.54, 1.807) is 29.2 Å². The third kappa shape index (κ3) is 3.55. The highest BCUT2D eigenvalue weighted by molar-refractivity contribution is 8.27. The number of thioether (sulfide) groups is 1. The molecule has 2 aromatic carbocycles. The van der Waals surface area contributed by atoms with Gasteiger partial charge in [-0.05, 0) is 49.2 Å². The first kappa shape index (κ1) is 17.5. The molecule has 1 saturated heterocycles. The lowest BCUT2D eigenvalue weighted by Gasteiger charge is -2.16. The van der Waals surface area contributed by atoms with Crippen LogP contribution in [0.1, 0.15) is 18.1 Å². The maximum absolute atomic E-state index is 12.8. The minimum atomic E-state index is -0.143. The Morgan fingerprint density at radius 1 is 1.28 bits per heavy atom. The molecular formula is C19H17NO3S2. The Bertz CT molecular complexity index is 877. The summed E-state index contributed by atoms with van der Waals surface area (Å²) in [5.74, 6) is 0.326. The zero-order valence-electron chi connectivity index (χ0n) is 13.9. The molecule has 3 rings (SSSR count). The van der Waals surface area contributed by atoms with Crippen molar-refractivity contribution in [1.29, 1.82) is 0 Å². The molecule has 0 radical (unpaired) electrons. The number of phenols is 1. The van der Waals surface area contributed by atoms with Crippen LogP contribution in [0.5, 0.6) is 11.5 Å². The number of aryl methyl sites for hydroxylation is 1. The number of carbonyl (C=O) groups is 1. The van der Waals surface area contributed by atoms with Crippen molar-refractivity contribution in [2.75, 3.05) is 11.5 Å². The number of thiocarbonyl (C=S) groups is 1. The molecule has 2 aromatic rings. The molecule has 0 spiro atoms. The molecule has 6 heteroatoms. The van der Waals surface area contributed by atoms with E-state index in [9.17, 15) is 9.90 Å². The largest absolute Gasteiger partial charge is 0.504 e. The minimum Gasteiger partial charge on any atom is -0.504 e. The number of amides is 1. The predicted octanol–water partition coefficient (Wildman–Crippen LogP) is 4.51. The monoisotopic (exact) mass is 371 g/mol. The quantitative estimate of drug-likeness (QED) is 0.633. The standard InChI is InChI=1S/C19H17NO3S2/c1-3-23-16-10-13(8-9-15(16)21)11-17-18(22)20(19(24)25-17)14-7-5-4-6-12(14)2/h4-11,21H,3H2,1-2H3. The summed E-state index contributed by atoms with van der Waals surface area (Å²) in [5, 5.41) is 9.80. The highest BCUT2D eigenvalue weighted by Crippen LogP contribution is 2.38. The first-order valence-corrected chi connectivity index (χ1v) is 9.03. The molecule has 0 atom stereocenters. The zero-order chi connectivity index (χ0) is 18.0. The maximum Gasteiger partial charge on any atom is 0.270 e. The highest BCUT2D eigenvalue weighted by atomic mass is 32.2. The van der Waals surface area contributed by atoms with E-state index in [4.69, 9.17) is 17.0 Å². The van der Waals surface area contributed by atoms with Gasteiger partial charge in [0.15, 0.2) is 15.8 Å². The molecule has 1 fully saturated rings. The van der Waals surface area contributed by atoms with Crippen LogP contribution < -0.4 is 9.64 Å². The normalized spacial score (nSPS) is 15.9. The molecule has 1 heterocycles. The minimum absolute atomic E-state index is 0.0754. The molecule has 0 saturated carbocycles. The van der Waals surface area contributed by atoms with E-state index in [1.165, 1.54) is 11.8 Å². The molecule has 0 aliphatic carbocycles. The lowest BCUT2D eigenvalue weighted by molar-refractivity contribution is -0.113. The second-order valence-electron chi connectivity index (χ2n) is 5.46. The Morgan fingerprint density at radius 3 is 2.76 bits per heavy atom. The smallest absolute Gasteiger partial charge is 0.270 e. The Kier molecular flexibility index (Phi) is 5.11. The summed E-state index contributed by atoms with van der Waals surface area (Å²) in [4.78, 5) is 14.9. The average molecular weight is 371 g/mol. The summed E-state index contributed by atoms with van der Waals surface area (Å²) in [5.41, 5.74) is 2.56. The van der Waals surface area contributed by atoms with Crippen molar-refractivity contribution in [2.45, 2.75) is 13.8 Å². The Hall–Kier alpha value is -2.31. The Morgan fingerprint density at radius 2 is 2.04 bits per heavy atom. The molecule has 1 aliphatic heterocycles. The van der Waals surface area contributed by atoms with Crippen LogP contribution >= 0.6 is 24.0 Å². The zero-order valence-corrected chi connectivity index (χ0v) is 15.5. The summed E-state index contributed by atoms with van der Waals surface area (Å²) in [6.45, 7) is 4.25. The number of benzene rings is 2. The van der Waals surface area contributed by atoms with Crippen molar-refractivity contribution in [3.63, 3.8) is 0 Å². The Balaban J connectivity index is 1.93. The maximum atomic E-state index is 12.8. The predicted molar refractivity (Wildman–Crippen MR) is 106 cm³/mol. The topological polar surface area (TPSA) is 49.8 Å². The molecule has 0 aromatic heterocycles. The van der Waals surface area contributed by atoms with Crippen LogP contribution in [0.4, 0.5) is 5.69 Å². The van der Waals surface area contributed by atoms with Crippen LogP contribution in [-0.4, -0.2) is 21.9 Å². The van der Waals surface area contributed by atoms with Gasteiger partial charge in [-0.15, -0.1) is 0 Å². The number of anilines is 1. The lowest BCUT2D eigenvalue weighted by Crippen LogP contribution is -2.28. The summed E-state index contributed by atoms with van der Waals surface area (Å²) < 4.78 is 5.90. The first-order valence-electron chi connectivity index (χ1n) is 7.80. The van der Waals surface area contributed by atoms with Gasteiger partial charge in [0, 0.05) is 0 Å². The van der Waals surface area contributed by atoms with Gasteiger partial charge in [0.1, 0.15) is 0 Å². The van der Waals surface area contributed by atoms with Gasteiger partial charge in [0.05, 0.1) is 17.2 Å². The number of para-hydroxylation sites is 1. The average Bonchev–Trinajstić information content (AvgIpc) is 2.85. The van der Waals surface area contributed by atoms with Crippen molar-refractivity contribution in [2.24, 2.45) is 0 Å². The van der Waals surface area contributed by atoms with Gasteiger partial charge in [-0.3, -0.25) is 9.69 Å². The number of hydrogen-bond donors (Lipinski definition) is 1. The molecular weight excluding hydrogens is 354 g/mol. The van der Waals surface area contributed by atoms with E-state index in [-0.39, 0.29) is 11.7 Å². The fourth-order valence-corrected chi connectivity index (χ4v) is 3.82. The van der Waals surface area contributed by atoms with Gasteiger partial charge < -0.3 is 9.84 Å². The highest BCUT2D eigenvalue weighted by Gasteiger charge is 2.33. The third-order valence-corrected chi connectivity index (χ3v) is 5.03. The van der Waals surface area contributed by atoms with Crippen LogP contribution in [-0.2, 0) is 4.79 Å². The van der Waals surface area contributed by atoms with Gasteiger partial charge in [-0.2, -0.15) is 0 Å². The SMILES string of the molecule is CCOc1cc(C=C2SC(=S)N(c3ccccc3C)C2=O)ccc1O. The van der Waals surface area contributed by atoms with Gasteiger partial charge in [0.2, 0.25) is 0 Å². The number of rotatable bonds is 4. The molecule has 0 unspecified atom stereocenters. The molecule has 25 heavy (non-hydrogen) atoms. The summed E-state index contributed by atoms with van der Waals surface area (Å²) in [7, 11) is 0. The van der Waals surface area contributed by atoms with Gasteiger partial charge in [-0.25, -0.2) is 0 Å². The number of ether oxygens (including phenoxy) is 1. The van der Waals surface area contributed by atoms with E-state index >= 15 is 0 Å². The number of carbonyl (C=O) groups excluding carboxylic acids is 1. The second kappa shape index (κ2) is 7.29. The lowest BCUT2D eigenvalue weighted by atomic mass is 10.1. The summed E-state index contributed by atoms with van der Waals surface area (Å²) in [6.07, 6.45) is 1.76. The fourth-order valence-electron chi connectivity index (χ4n) is 2.53. The van der Waals surface area contributed by atoms with E-state index in [1.807, 2.05) is 38.1 Å². The van der Waals surface area contributed by atoms with E-state index in [0.29, 0.717) is 21.6 Å². The van der Waals surface area contributed by atoms with Crippen LogP contribution in [0.2, 0.25) is 0 Å².